The number of nitrogens with zero attached hydrogens (tertiary/aromatic N) is 2. The summed E-state index contributed by atoms with van der Waals surface area (Å²) in [6.45, 7) is 4.87. The van der Waals surface area contributed by atoms with Gasteiger partial charge in [0.15, 0.2) is 0 Å². The molecule has 1 amide bonds. The Morgan fingerprint density at radius 3 is 1.81 bits per heavy atom. The Kier molecular flexibility index (Phi) is 7.48. The molecule has 3 aromatic rings. The summed E-state index contributed by atoms with van der Waals surface area (Å²) in [5.74, 6) is 0.118. The highest BCUT2D eigenvalue weighted by Crippen LogP contribution is 2.29. The number of hydrogen-bond acceptors (Lipinski definition) is 3. The molecule has 0 bridgehead atoms. The van der Waals surface area contributed by atoms with Crippen LogP contribution in [0.3, 0.4) is 0 Å². The van der Waals surface area contributed by atoms with E-state index in [1.165, 1.54) is 16.7 Å². The molecule has 160 valence electrons. The molecule has 0 saturated carbocycles. The van der Waals surface area contributed by atoms with Crippen molar-refractivity contribution in [2.75, 3.05) is 39.3 Å². The third-order valence-electron chi connectivity index (χ3n) is 5.95. The van der Waals surface area contributed by atoms with E-state index in [0.29, 0.717) is 13.1 Å². The van der Waals surface area contributed by atoms with Gasteiger partial charge in [-0.25, -0.2) is 0 Å². The van der Waals surface area contributed by atoms with Crippen LogP contribution in [0.5, 0.6) is 0 Å². The van der Waals surface area contributed by atoms with E-state index in [9.17, 15) is 4.79 Å². The van der Waals surface area contributed by atoms with Gasteiger partial charge in [0.2, 0.25) is 5.91 Å². The van der Waals surface area contributed by atoms with Crippen molar-refractivity contribution < 1.29 is 4.79 Å². The van der Waals surface area contributed by atoms with E-state index < -0.39 is 0 Å². The van der Waals surface area contributed by atoms with E-state index in [0.717, 1.165) is 32.6 Å². The zero-order valence-corrected chi connectivity index (χ0v) is 18.0. The number of piperazine rings is 1. The smallest absolute Gasteiger partial charge is 0.234 e. The molecule has 1 aliphatic heterocycles. The third-order valence-corrected chi connectivity index (χ3v) is 5.95. The second-order valence-electron chi connectivity index (χ2n) is 8.12. The lowest BCUT2D eigenvalue weighted by Crippen LogP contribution is -2.50. The Hall–Kier alpha value is -2.95. The largest absolute Gasteiger partial charge is 0.355 e. The lowest BCUT2D eigenvalue weighted by Gasteiger charge is -2.39. The van der Waals surface area contributed by atoms with Crippen LogP contribution in [-0.4, -0.2) is 55.0 Å². The minimum absolute atomic E-state index is 0.118. The number of carbonyl (C=O) groups excluding carboxylic acids is 1. The van der Waals surface area contributed by atoms with Crippen LogP contribution in [-0.2, 0) is 11.2 Å². The summed E-state index contributed by atoms with van der Waals surface area (Å²) in [6, 6.07) is 32.0. The first-order valence-electron chi connectivity index (χ1n) is 11.2. The molecular weight excluding hydrogens is 382 g/mol. The monoisotopic (exact) mass is 413 g/mol. The highest BCUT2D eigenvalue weighted by molar-refractivity contribution is 5.78. The van der Waals surface area contributed by atoms with Gasteiger partial charge in [0.1, 0.15) is 0 Å². The van der Waals surface area contributed by atoms with Crippen molar-refractivity contribution in [1.82, 2.24) is 15.1 Å². The predicted molar refractivity (Wildman–Crippen MR) is 126 cm³/mol. The predicted octanol–water partition coefficient (Wildman–Crippen LogP) is 3.75. The molecule has 1 heterocycles. The maximum absolute atomic E-state index is 12.4. The normalized spacial score (nSPS) is 15.1. The molecule has 4 rings (SSSR count). The lowest BCUT2D eigenvalue weighted by atomic mass is 9.96. The van der Waals surface area contributed by atoms with Gasteiger partial charge in [0, 0.05) is 32.7 Å². The van der Waals surface area contributed by atoms with E-state index in [1.54, 1.807) is 0 Å². The minimum Gasteiger partial charge on any atom is -0.355 e. The van der Waals surface area contributed by atoms with Crippen LogP contribution in [0.15, 0.2) is 91.0 Å². The summed E-state index contributed by atoms with van der Waals surface area (Å²) in [4.78, 5) is 17.2. The van der Waals surface area contributed by atoms with Gasteiger partial charge in [-0.15, -0.1) is 0 Å². The van der Waals surface area contributed by atoms with Crippen molar-refractivity contribution in [2.45, 2.75) is 12.5 Å². The van der Waals surface area contributed by atoms with Crippen LogP contribution in [0.2, 0.25) is 0 Å². The minimum atomic E-state index is 0.118. The average Bonchev–Trinajstić information content (AvgIpc) is 2.82. The van der Waals surface area contributed by atoms with Gasteiger partial charge in [-0.1, -0.05) is 91.0 Å². The summed E-state index contributed by atoms with van der Waals surface area (Å²) < 4.78 is 0. The van der Waals surface area contributed by atoms with Crippen LogP contribution >= 0.6 is 0 Å². The fraction of sp³-hybridized carbons (Fsp3) is 0.296. The van der Waals surface area contributed by atoms with Crippen molar-refractivity contribution in [2.24, 2.45) is 0 Å². The number of nitrogens with one attached hydrogen (secondary N) is 1. The summed E-state index contributed by atoms with van der Waals surface area (Å²) in [7, 11) is 0. The van der Waals surface area contributed by atoms with E-state index in [4.69, 9.17) is 0 Å². The molecule has 1 N–H and O–H groups in total. The first-order valence-corrected chi connectivity index (χ1v) is 11.2. The van der Waals surface area contributed by atoms with Gasteiger partial charge in [-0.3, -0.25) is 14.6 Å². The molecule has 1 saturated heterocycles. The average molecular weight is 414 g/mol. The van der Waals surface area contributed by atoms with Gasteiger partial charge < -0.3 is 5.32 Å². The topological polar surface area (TPSA) is 35.6 Å². The second-order valence-corrected chi connectivity index (χ2v) is 8.12. The molecule has 1 aliphatic rings. The van der Waals surface area contributed by atoms with Gasteiger partial charge in [0.25, 0.3) is 0 Å². The number of carbonyl (C=O) groups is 1. The van der Waals surface area contributed by atoms with E-state index >= 15 is 0 Å². The van der Waals surface area contributed by atoms with Crippen molar-refractivity contribution >= 4 is 5.91 Å². The molecule has 0 unspecified atom stereocenters. The molecule has 0 aromatic heterocycles. The third kappa shape index (κ3) is 6.03. The summed E-state index contributed by atoms with van der Waals surface area (Å²) in [5, 5.41) is 3.07. The SMILES string of the molecule is O=C(CN1CCN(C(c2ccccc2)c2ccccc2)CC1)NCCc1ccccc1. The Labute approximate surface area is 185 Å². The highest BCUT2D eigenvalue weighted by Gasteiger charge is 2.26. The second kappa shape index (κ2) is 10.9. The van der Waals surface area contributed by atoms with E-state index in [-0.39, 0.29) is 11.9 Å². The van der Waals surface area contributed by atoms with Crippen LogP contribution in [0, 0.1) is 0 Å². The van der Waals surface area contributed by atoms with Gasteiger partial charge in [-0.2, -0.15) is 0 Å². The summed E-state index contributed by atoms with van der Waals surface area (Å²) in [5.41, 5.74) is 3.89. The van der Waals surface area contributed by atoms with Crippen LogP contribution in [0.4, 0.5) is 0 Å². The molecule has 0 spiro atoms. The molecule has 0 radical (unpaired) electrons. The number of hydrogen-bond donors (Lipinski definition) is 1. The Morgan fingerprint density at radius 2 is 1.26 bits per heavy atom. The van der Waals surface area contributed by atoms with Crippen molar-refractivity contribution in [1.29, 1.82) is 0 Å². The standard InChI is InChI=1S/C27H31N3O/c31-26(28-17-16-23-10-4-1-5-11-23)22-29-18-20-30(21-19-29)27(24-12-6-2-7-13-24)25-14-8-3-9-15-25/h1-15,27H,16-22H2,(H,28,31). The Balaban J connectivity index is 1.29. The first kappa shape index (κ1) is 21.3. The molecule has 0 atom stereocenters. The van der Waals surface area contributed by atoms with E-state index in [1.807, 2.05) is 18.2 Å². The van der Waals surface area contributed by atoms with Gasteiger partial charge >= 0.3 is 0 Å². The fourth-order valence-electron chi connectivity index (χ4n) is 4.31. The fourth-order valence-corrected chi connectivity index (χ4v) is 4.31. The maximum Gasteiger partial charge on any atom is 0.234 e. The summed E-state index contributed by atoms with van der Waals surface area (Å²) >= 11 is 0. The van der Waals surface area contributed by atoms with Crippen LogP contribution in [0.25, 0.3) is 0 Å². The van der Waals surface area contributed by atoms with Gasteiger partial charge in [0.05, 0.1) is 12.6 Å². The number of rotatable bonds is 8. The lowest BCUT2D eigenvalue weighted by molar-refractivity contribution is -0.122. The van der Waals surface area contributed by atoms with Crippen LogP contribution < -0.4 is 5.32 Å². The molecule has 3 aromatic carbocycles. The zero-order valence-electron chi connectivity index (χ0n) is 18.0. The molecular formula is C27H31N3O. The first-order chi connectivity index (χ1) is 15.3. The van der Waals surface area contributed by atoms with Gasteiger partial charge in [-0.05, 0) is 23.1 Å². The highest BCUT2D eigenvalue weighted by atomic mass is 16.2. The van der Waals surface area contributed by atoms with Crippen molar-refractivity contribution in [3.05, 3.63) is 108 Å². The zero-order chi connectivity index (χ0) is 21.3. The van der Waals surface area contributed by atoms with Crippen LogP contribution in [0.1, 0.15) is 22.7 Å². The maximum atomic E-state index is 12.4. The Bertz CT molecular complexity index is 883. The number of benzene rings is 3. The van der Waals surface area contributed by atoms with E-state index in [2.05, 4.69) is 87.9 Å². The van der Waals surface area contributed by atoms with Crippen molar-refractivity contribution in [3.63, 3.8) is 0 Å². The van der Waals surface area contributed by atoms with Crippen molar-refractivity contribution in [3.8, 4) is 0 Å². The number of amides is 1. The molecule has 4 heteroatoms. The molecule has 1 fully saturated rings. The molecule has 31 heavy (non-hydrogen) atoms. The quantitative estimate of drug-likeness (QED) is 0.611. The molecule has 0 aliphatic carbocycles. The summed E-state index contributed by atoms with van der Waals surface area (Å²) in [6.07, 6.45) is 0.871. The molecule has 4 nitrogen and oxygen atoms in total. The Morgan fingerprint density at radius 1 is 0.742 bits per heavy atom.